The molecule has 3 N–H and O–H groups in total. The Morgan fingerprint density at radius 2 is 1.96 bits per heavy atom. The van der Waals surface area contributed by atoms with Crippen molar-refractivity contribution in [1.82, 2.24) is 4.98 Å². The molecule has 1 amide bonds. The van der Waals surface area contributed by atoms with Gasteiger partial charge in [-0.1, -0.05) is 35.3 Å². The Hall–Kier alpha value is -1.97. The monoisotopic (exact) mass is 455 g/mol. The molecule has 2 aromatic carbocycles. The van der Waals surface area contributed by atoms with Crippen LogP contribution in [-0.4, -0.2) is 19.3 Å². The lowest BCUT2D eigenvalue weighted by Gasteiger charge is -2.07. The van der Waals surface area contributed by atoms with Crippen LogP contribution in [-0.2, 0) is 16.4 Å². The van der Waals surface area contributed by atoms with Crippen LogP contribution < -0.4 is 10.5 Å². The molecular formula is C18H15Cl2N3O3S2. The van der Waals surface area contributed by atoms with Crippen LogP contribution >= 0.6 is 34.5 Å². The van der Waals surface area contributed by atoms with Gasteiger partial charge in [0.15, 0.2) is 5.13 Å². The van der Waals surface area contributed by atoms with Gasteiger partial charge in [0.25, 0.3) is 5.91 Å². The summed E-state index contributed by atoms with van der Waals surface area (Å²) in [6.45, 7) is 1.71. The Morgan fingerprint density at radius 1 is 1.21 bits per heavy atom. The fourth-order valence-electron chi connectivity index (χ4n) is 2.49. The van der Waals surface area contributed by atoms with Crippen molar-refractivity contribution < 1.29 is 13.2 Å². The Kier molecular flexibility index (Phi) is 6.07. The van der Waals surface area contributed by atoms with Gasteiger partial charge in [0, 0.05) is 33.1 Å². The Labute approximate surface area is 176 Å². The van der Waals surface area contributed by atoms with Gasteiger partial charge in [0.2, 0.25) is 10.0 Å². The molecule has 0 aliphatic carbocycles. The van der Waals surface area contributed by atoms with E-state index < -0.39 is 15.9 Å². The predicted octanol–water partition coefficient (Wildman–Crippen LogP) is 4.25. The molecule has 0 aliphatic rings. The Balaban J connectivity index is 1.77. The molecule has 0 unspecified atom stereocenters. The van der Waals surface area contributed by atoms with Crippen LogP contribution in [0.1, 0.15) is 26.4 Å². The van der Waals surface area contributed by atoms with E-state index in [-0.39, 0.29) is 10.5 Å². The zero-order valence-electron chi connectivity index (χ0n) is 14.6. The Morgan fingerprint density at radius 3 is 2.64 bits per heavy atom. The summed E-state index contributed by atoms with van der Waals surface area (Å²) >= 11 is 13.4. The maximum Gasteiger partial charge on any atom is 0.257 e. The summed E-state index contributed by atoms with van der Waals surface area (Å²) in [5.41, 5.74) is 1.72. The molecular weight excluding hydrogens is 441 g/mol. The molecule has 0 radical (unpaired) electrons. The quantitative estimate of drug-likeness (QED) is 0.599. The van der Waals surface area contributed by atoms with Gasteiger partial charge in [0.05, 0.1) is 4.90 Å². The first-order chi connectivity index (χ1) is 13.1. The number of anilines is 1. The van der Waals surface area contributed by atoms with Gasteiger partial charge in [-0.05, 0) is 42.3 Å². The lowest BCUT2D eigenvalue weighted by molar-refractivity contribution is 0.102. The summed E-state index contributed by atoms with van der Waals surface area (Å²) in [6.07, 6.45) is 2.20. The average molecular weight is 456 g/mol. The number of nitrogens with zero attached hydrogens (tertiary/aromatic N) is 1. The van der Waals surface area contributed by atoms with Crippen molar-refractivity contribution >= 4 is 55.6 Å². The van der Waals surface area contributed by atoms with Crippen molar-refractivity contribution in [3.05, 3.63) is 74.2 Å². The number of nitrogens with one attached hydrogen (secondary N) is 1. The van der Waals surface area contributed by atoms with Crippen LogP contribution in [0.5, 0.6) is 0 Å². The number of benzene rings is 2. The van der Waals surface area contributed by atoms with E-state index in [0.717, 1.165) is 10.4 Å². The molecule has 0 fully saturated rings. The normalized spacial score (nSPS) is 11.4. The molecule has 146 valence electrons. The fraction of sp³-hybridized carbons (Fsp3) is 0.111. The van der Waals surface area contributed by atoms with E-state index in [2.05, 4.69) is 10.3 Å². The van der Waals surface area contributed by atoms with Crippen molar-refractivity contribution in [2.75, 3.05) is 5.32 Å². The standard InChI is InChI=1S/C18H15Cl2N3O3S2/c1-10-2-5-14(28(21,25)26)8-15(10)17(24)23-18-22-9-13(27-18)6-11-3-4-12(19)7-16(11)20/h2-5,7-9H,6H2,1H3,(H2,21,25,26)(H,22,23,24). The second kappa shape index (κ2) is 8.18. The smallest absolute Gasteiger partial charge is 0.257 e. The number of primary sulfonamides is 1. The number of halogens is 2. The average Bonchev–Trinajstić information content (AvgIpc) is 3.03. The molecule has 28 heavy (non-hydrogen) atoms. The van der Waals surface area contributed by atoms with Crippen molar-refractivity contribution in [3.63, 3.8) is 0 Å². The van der Waals surface area contributed by atoms with Gasteiger partial charge in [-0.2, -0.15) is 0 Å². The highest BCUT2D eigenvalue weighted by atomic mass is 35.5. The van der Waals surface area contributed by atoms with E-state index in [1.54, 1.807) is 25.3 Å². The van der Waals surface area contributed by atoms with Crippen molar-refractivity contribution in [3.8, 4) is 0 Å². The minimum absolute atomic E-state index is 0.125. The fourth-order valence-corrected chi connectivity index (χ4v) is 4.33. The van der Waals surface area contributed by atoms with Gasteiger partial charge in [-0.15, -0.1) is 11.3 Å². The van der Waals surface area contributed by atoms with E-state index in [0.29, 0.717) is 27.2 Å². The summed E-state index contributed by atoms with van der Waals surface area (Å²) in [4.78, 5) is 17.5. The Bertz CT molecular complexity index is 1160. The number of sulfonamides is 1. The number of carbonyl (C=O) groups excluding carboxylic acids is 1. The third-order valence-corrected chi connectivity index (χ3v) is 6.35. The largest absolute Gasteiger partial charge is 0.298 e. The number of aromatic nitrogens is 1. The number of thiazole rings is 1. The summed E-state index contributed by atoms with van der Waals surface area (Å²) in [5.74, 6) is -0.464. The molecule has 10 heteroatoms. The number of hydrogen-bond acceptors (Lipinski definition) is 5. The minimum atomic E-state index is -3.90. The van der Waals surface area contributed by atoms with E-state index in [4.69, 9.17) is 28.3 Å². The molecule has 0 saturated heterocycles. The number of carbonyl (C=O) groups is 1. The minimum Gasteiger partial charge on any atom is -0.298 e. The highest BCUT2D eigenvalue weighted by Gasteiger charge is 2.16. The topological polar surface area (TPSA) is 102 Å². The van der Waals surface area contributed by atoms with Gasteiger partial charge in [0.1, 0.15) is 0 Å². The highest BCUT2D eigenvalue weighted by molar-refractivity contribution is 7.89. The molecule has 0 bridgehead atoms. The van der Waals surface area contributed by atoms with Crippen LogP contribution in [0.4, 0.5) is 5.13 Å². The van der Waals surface area contributed by atoms with Crippen LogP contribution in [0.2, 0.25) is 10.0 Å². The summed E-state index contributed by atoms with van der Waals surface area (Å²) in [6, 6.07) is 9.41. The molecule has 1 heterocycles. The summed E-state index contributed by atoms with van der Waals surface area (Å²) in [7, 11) is -3.90. The molecule has 0 aliphatic heterocycles. The first-order valence-electron chi connectivity index (χ1n) is 7.97. The maximum absolute atomic E-state index is 12.6. The molecule has 3 aromatic rings. The summed E-state index contributed by atoms with van der Waals surface area (Å²) in [5, 5.41) is 9.33. The van der Waals surface area contributed by atoms with Crippen molar-refractivity contribution in [1.29, 1.82) is 0 Å². The lowest BCUT2D eigenvalue weighted by atomic mass is 10.1. The van der Waals surface area contributed by atoms with Gasteiger partial charge >= 0.3 is 0 Å². The van der Waals surface area contributed by atoms with Crippen LogP contribution in [0.15, 0.2) is 47.5 Å². The molecule has 0 atom stereocenters. The third-order valence-electron chi connectivity index (χ3n) is 3.94. The van der Waals surface area contributed by atoms with Gasteiger partial charge in [-0.3, -0.25) is 10.1 Å². The third kappa shape index (κ3) is 4.89. The molecule has 0 spiro atoms. The zero-order valence-corrected chi connectivity index (χ0v) is 17.7. The van der Waals surface area contributed by atoms with E-state index >= 15 is 0 Å². The number of hydrogen-bond donors (Lipinski definition) is 2. The molecule has 1 aromatic heterocycles. The van der Waals surface area contributed by atoms with Crippen LogP contribution in [0.25, 0.3) is 0 Å². The van der Waals surface area contributed by atoms with Gasteiger partial charge < -0.3 is 0 Å². The lowest BCUT2D eigenvalue weighted by Crippen LogP contribution is -2.16. The van der Waals surface area contributed by atoms with Gasteiger partial charge in [-0.25, -0.2) is 18.5 Å². The zero-order chi connectivity index (χ0) is 20.5. The molecule has 3 rings (SSSR count). The van der Waals surface area contributed by atoms with Crippen molar-refractivity contribution in [2.24, 2.45) is 5.14 Å². The van der Waals surface area contributed by atoms with E-state index in [9.17, 15) is 13.2 Å². The number of amides is 1. The SMILES string of the molecule is Cc1ccc(S(N)(=O)=O)cc1C(=O)Nc1ncc(Cc2ccc(Cl)cc2Cl)s1. The second-order valence-corrected chi connectivity index (χ2v) is 9.54. The van der Waals surface area contributed by atoms with E-state index in [1.165, 1.54) is 29.5 Å². The first-order valence-corrected chi connectivity index (χ1v) is 11.1. The maximum atomic E-state index is 12.6. The number of nitrogens with two attached hydrogens (primary N) is 1. The predicted molar refractivity (Wildman–Crippen MR) is 112 cm³/mol. The second-order valence-electron chi connectivity index (χ2n) is 6.02. The van der Waals surface area contributed by atoms with E-state index in [1.807, 2.05) is 6.07 Å². The highest BCUT2D eigenvalue weighted by Crippen LogP contribution is 2.27. The number of rotatable bonds is 5. The molecule has 6 nitrogen and oxygen atoms in total. The molecule has 0 saturated carbocycles. The van der Waals surface area contributed by atoms with Crippen LogP contribution in [0.3, 0.4) is 0 Å². The van der Waals surface area contributed by atoms with Crippen molar-refractivity contribution in [2.45, 2.75) is 18.2 Å². The van der Waals surface area contributed by atoms with Crippen LogP contribution in [0, 0.1) is 6.92 Å². The summed E-state index contributed by atoms with van der Waals surface area (Å²) < 4.78 is 23.0. The first kappa shape index (κ1) is 20.8. The number of aryl methyl sites for hydroxylation is 1.